The fourth-order valence-electron chi connectivity index (χ4n) is 1.53. The number of aryl methyl sites for hydroxylation is 2. The number of aliphatic carboxylic acids is 1. The van der Waals surface area contributed by atoms with Gasteiger partial charge in [0.15, 0.2) is 5.16 Å². The zero-order chi connectivity index (χ0) is 13.0. The van der Waals surface area contributed by atoms with Crippen LogP contribution < -0.4 is 0 Å². The van der Waals surface area contributed by atoms with Crippen LogP contribution in [0.3, 0.4) is 0 Å². The Labute approximate surface area is 113 Å². The highest BCUT2D eigenvalue weighted by Gasteiger charge is 2.11. The molecule has 1 N–H and O–H groups in total. The van der Waals surface area contributed by atoms with Gasteiger partial charge in [0, 0.05) is 11.4 Å². The first kappa shape index (κ1) is 13.1. The molecule has 96 valence electrons. The summed E-state index contributed by atoms with van der Waals surface area (Å²) in [6, 6.07) is 4.12. The molecule has 18 heavy (non-hydrogen) atoms. The molecule has 7 heteroatoms. The van der Waals surface area contributed by atoms with Crippen LogP contribution in [0.5, 0.6) is 0 Å². The van der Waals surface area contributed by atoms with E-state index < -0.39 is 5.97 Å². The van der Waals surface area contributed by atoms with Gasteiger partial charge in [-0.05, 0) is 24.8 Å². The lowest BCUT2D eigenvalue weighted by Gasteiger charge is -2.06. The fourth-order valence-corrected chi connectivity index (χ4v) is 2.96. The quantitative estimate of drug-likeness (QED) is 0.822. The molecular formula is C11H13N3O2S2. The van der Waals surface area contributed by atoms with Crippen molar-refractivity contribution in [3.8, 4) is 0 Å². The molecule has 2 aromatic heterocycles. The van der Waals surface area contributed by atoms with Crippen molar-refractivity contribution in [3.63, 3.8) is 0 Å². The predicted octanol–water partition coefficient (Wildman–Crippen LogP) is 2.07. The van der Waals surface area contributed by atoms with Gasteiger partial charge in [-0.1, -0.05) is 17.8 Å². The number of aromatic nitrogens is 3. The minimum atomic E-state index is -0.842. The van der Waals surface area contributed by atoms with Crippen molar-refractivity contribution in [2.24, 2.45) is 0 Å². The van der Waals surface area contributed by atoms with Gasteiger partial charge in [0.1, 0.15) is 5.82 Å². The first-order valence-corrected chi connectivity index (χ1v) is 7.30. The van der Waals surface area contributed by atoms with Crippen LogP contribution in [0, 0.1) is 6.92 Å². The highest BCUT2D eigenvalue weighted by molar-refractivity contribution is 7.99. The van der Waals surface area contributed by atoms with Gasteiger partial charge in [-0.25, -0.2) is 0 Å². The van der Waals surface area contributed by atoms with Crippen molar-refractivity contribution in [1.29, 1.82) is 0 Å². The predicted molar refractivity (Wildman–Crippen MR) is 71.1 cm³/mol. The van der Waals surface area contributed by atoms with Gasteiger partial charge in [0.2, 0.25) is 0 Å². The normalized spacial score (nSPS) is 10.7. The van der Waals surface area contributed by atoms with E-state index in [0.29, 0.717) is 5.16 Å². The first-order chi connectivity index (χ1) is 8.66. The second kappa shape index (κ2) is 6.01. The van der Waals surface area contributed by atoms with E-state index in [-0.39, 0.29) is 5.75 Å². The van der Waals surface area contributed by atoms with E-state index in [1.54, 1.807) is 11.3 Å². The van der Waals surface area contributed by atoms with E-state index in [4.69, 9.17) is 5.11 Å². The number of carbonyl (C=O) groups is 1. The topological polar surface area (TPSA) is 68.0 Å². The standard InChI is InChI=1S/C11H13N3O2S2/c1-8-12-13-11(18-7-10(15)16)14(8)5-4-9-3-2-6-17-9/h2-3,6H,4-5,7H2,1H3,(H,15,16). The number of thiophene rings is 1. The summed E-state index contributed by atoms with van der Waals surface area (Å²) in [6.45, 7) is 2.66. The van der Waals surface area contributed by atoms with Crippen LogP contribution in [0.15, 0.2) is 22.7 Å². The van der Waals surface area contributed by atoms with Gasteiger partial charge in [-0.2, -0.15) is 0 Å². The SMILES string of the molecule is Cc1nnc(SCC(=O)O)n1CCc1cccs1. The molecule has 5 nitrogen and oxygen atoms in total. The number of hydrogen-bond donors (Lipinski definition) is 1. The maximum atomic E-state index is 10.6. The lowest BCUT2D eigenvalue weighted by Crippen LogP contribution is -2.06. The molecule has 0 aliphatic heterocycles. The molecule has 0 aliphatic rings. The first-order valence-electron chi connectivity index (χ1n) is 5.43. The van der Waals surface area contributed by atoms with Crippen LogP contribution in [0.2, 0.25) is 0 Å². The Kier molecular flexibility index (Phi) is 4.38. The zero-order valence-corrected chi connectivity index (χ0v) is 11.5. The summed E-state index contributed by atoms with van der Waals surface area (Å²) >= 11 is 2.93. The maximum absolute atomic E-state index is 10.6. The van der Waals surface area contributed by atoms with Crippen LogP contribution in [0.25, 0.3) is 0 Å². The van der Waals surface area contributed by atoms with Crippen molar-refractivity contribution < 1.29 is 9.90 Å². The molecule has 0 saturated heterocycles. The number of thioether (sulfide) groups is 1. The van der Waals surface area contributed by atoms with Crippen LogP contribution in [0.4, 0.5) is 0 Å². The van der Waals surface area contributed by atoms with Gasteiger partial charge in [-0.15, -0.1) is 21.5 Å². The van der Waals surface area contributed by atoms with E-state index in [1.807, 2.05) is 17.6 Å². The lowest BCUT2D eigenvalue weighted by molar-refractivity contribution is -0.133. The van der Waals surface area contributed by atoms with Crippen LogP contribution >= 0.6 is 23.1 Å². The molecule has 0 aromatic carbocycles. The summed E-state index contributed by atoms with van der Waals surface area (Å²) in [5.41, 5.74) is 0. The van der Waals surface area contributed by atoms with Crippen molar-refractivity contribution in [3.05, 3.63) is 28.2 Å². The van der Waals surface area contributed by atoms with Crippen LogP contribution in [-0.4, -0.2) is 31.6 Å². The molecule has 0 saturated carbocycles. The molecule has 2 heterocycles. The second-order valence-corrected chi connectivity index (χ2v) is 5.67. The van der Waals surface area contributed by atoms with Gasteiger partial charge in [-0.3, -0.25) is 4.79 Å². The Morgan fingerprint density at radius 3 is 3.06 bits per heavy atom. The van der Waals surface area contributed by atoms with Crippen molar-refractivity contribution >= 4 is 29.1 Å². The summed E-state index contributed by atoms with van der Waals surface area (Å²) in [5.74, 6) is -0.0122. The molecular weight excluding hydrogens is 270 g/mol. The Balaban J connectivity index is 2.02. The lowest BCUT2D eigenvalue weighted by atomic mass is 10.3. The molecule has 0 fully saturated rings. The van der Waals surface area contributed by atoms with Crippen LogP contribution in [-0.2, 0) is 17.8 Å². The third-order valence-corrected chi connectivity index (χ3v) is 4.28. The smallest absolute Gasteiger partial charge is 0.313 e. The molecule has 0 bridgehead atoms. The van der Waals surface area contributed by atoms with E-state index >= 15 is 0 Å². The highest BCUT2D eigenvalue weighted by Crippen LogP contribution is 2.18. The third kappa shape index (κ3) is 3.33. The number of carboxylic acid groups (broad SMARTS) is 1. The third-order valence-electron chi connectivity index (χ3n) is 2.39. The Morgan fingerprint density at radius 1 is 1.56 bits per heavy atom. The Morgan fingerprint density at radius 2 is 2.39 bits per heavy atom. The molecule has 2 rings (SSSR count). The van der Waals surface area contributed by atoms with E-state index in [2.05, 4.69) is 21.6 Å². The second-order valence-electron chi connectivity index (χ2n) is 3.69. The summed E-state index contributed by atoms with van der Waals surface area (Å²) in [4.78, 5) is 11.9. The summed E-state index contributed by atoms with van der Waals surface area (Å²) < 4.78 is 1.97. The molecule has 0 amide bonds. The number of rotatable bonds is 6. The van der Waals surface area contributed by atoms with E-state index in [9.17, 15) is 4.79 Å². The monoisotopic (exact) mass is 283 g/mol. The average molecular weight is 283 g/mol. The van der Waals surface area contributed by atoms with Gasteiger partial charge < -0.3 is 9.67 Å². The Bertz CT molecular complexity index is 522. The summed E-state index contributed by atoms with van der Waals surface area (Å²) in [6.07, 6.45) is 0.914. The largest absolute Gasteiger partial charge is 0.481 e. The fraction of sp³-hybridized carbons (Fsp3) is 0.364. The van der Waals surface area contributed by atoms with Gasteiger partial charge in [0.05, 0.1) is 5.75 Å². The molecule has 0 atom stereocenters. The number of nitrogens with zero attached hydrogens (tertiary/aromatic N) is 3. The maximum Gasteiger partial charge on any atom is 0.313 e. The highest BCUT2D eigenvalue weighted by atomic mass is 32.2. The van der Waals surface area contributed by atoms with Crippen molar-refractivity contribution in [1.82, 2.24) is 14.8 Å². The molecule has 0 spiro atoms. The minimum Gasteiger partial charge on any atom is -0.481 e. The van der Waals surface area contributed by atoms with E-state index in [0.717, 1.165) is 18.8 Å². The van der Waals surface area contributed by atoms with Gasteiger partial charge in [0.25, 0.3) is 0 Å². The number of carboxylic acids is 1. The van der Waals surface area contributed by atoms with Crippen molar-refractivity contribution in [2.75, 3.05) is 5.75 Å². The average Bonchev–Trinajstić information content (AvgIpc) is 2.94. The Hall–Kier alpha value is -1.34. The zero-order valence-electron chi connectivity index (χ0n) is 9.87. The summed E-state index contributed by atoms with van der Waals surface area (Å²) in [5, 5.41) is 19.4. The summed E-state index contributed by atoms with van der Waals surface area (Å²) in [7, 11) is 0. The minimum absolute atomic E-state index is 0.0110. The molecule has 0 radical (unpaired) electrons. The molecule has 2 aromatic rings. The van der Waals surface area contributed by atoms with Crippen LogP contribution in [0.1, 0.15) is 10.7 Å². The number of hydrogen-bond acceptors (Lipinski definition) is 5. The molecule has 0 aliphatic carbocycles. The van der Waals surface area contributed by atoms with E-state index in [1.165, 1.54) is 16.6 Å². The van der Waals surface area contributed by atoms with Crippen molar-refractivity contribution in [2.45, 2.75) is 25.0 Å². The molecule has 0 unspecified atom stereocenters. The van der Waals surface area contributed by atoms with Gasteiger partial charge >= 0.3 is 5.97 Å².